The van der Waals surface area contributed by atoms with Gasteiger partial charge in [-0.15, -0.1) is 11.3 Å². The second kappa shape index (κ2) is 8.61. The van der Waals surface area contributed by atoms with Gasteiger partial charge in [0.25, 0.3) is 0 Å². The van der Waals surface area contributed by atoms with Crippen LogP contribution in [0, 0.1) is 36.5 Å². The largest absolute Gasteiger partial charge is 0.481 e. The number of pyridine rings is 1. The first-order valence-electron chi connectivity index (χ1n) is 9.73. The van der Waals surface area contributed by atoms with Crippen molar-refractivity contribution in [2.45, 2.75) is 13.8 Å². The lowest BCUT2D eigenvalue weighted by Crippen LogP contribution is -1.99. The number of aromatic amines is 1. The van der Waals surface area contributed by atoms with Gasteiger partial charge in [-0.3, -0.25) is 0 Å². The van der Waals surface area contributed by atoms with Crippen LogP contribution >= 0.6 is 11.3 Å². The second-order valence-corrected chi connectivity index (χ2v) is 8.12. The zero-order chi connectivity index (χ0) is 23.7. The maximum atomic E-state index is 12.0. The number of carbonyl (C=O) groups is 1. The van der Waals surface area contributed by atoms with E-state index in [0.717, 1.165) is 17.0 Å². The van der Waals surface area contributed by atoms with Crippen molar-refractivity contribution in [1.82, 2.24) is 19.5 Å². The number of carbonyl (C=O) groups excluding carboxylic acids is 1. The molecule has 0 bridgehead atoms. The molecule has 0 unspecified atom stereocenters. The van der Waals surface area contributed by atoms with Crippen molar-refractivity contribution >= 4 is 40.0 Å². The highest BCUT2D eigenvalue weighted by atomic mass is 32.1. The molecule has 0 amide bonds. The van der Waals surface area contributed by atoms with Crippen LogP contribution in [0.3, 0.4) is 0 Å². The standard InChI is InChI=1S/C23H18N6O3S/c1-12-5-14(13(2)29(12)22-16(10-25)7-19(33-22)23(30)32-4)6-15(9-24)21-27-17-8-20(31-3)26-11-18(17)28-21/h5-8,11H,1-4H3,(H,27,28). The molecule has 0 radical (unpaired) electrons. The Morgan fingerprint density at radius 1 is 1.24 bits per heavy atom. The topological polar surface area (TPSA) is 130 Å². The highest BCUT2D eigenvalue weighted by Crippen LogP contribution is 2.32. The molecule has 0 saturated heterocycles. The number of thiophene rings is 1. The molecule has 4 rings (SSSR count). The third-order valence-electron chi connectivity index (χ3n) is 5.12. The van der Waals surface area contributed by atoms with Crippen LogP contribution < -0.4 is 4.74 Å². The summed E-state index contributed by atoms with van der Waals surface area (Å²) in [6.07, 6.45) is 3.34. The molecule has 0 aromatic carbocycles. The SMILES string of the molecule is COC(=O)c1cc(C#N)c(-n2c(C)cc(C=C(C#N)c3nc4cc(OC)ncc4[nH]3)c2C)s1. The third kappa shape index (κ3) is 3.84. The van der Waals surface area contributed by atoms with Crippen LogP contribution in [0.25, 0.3) is 27.7 Å². The number of imidazole rings is 1. The van der Waals surface area contributed by atoms with E-state index in [1.54, 1.807) is 18.3 Å². The molecule has 9 nitrogen and oxygen atoms in total. The summed E-state index contributed by atoms with van der Waals surface area (Å²) in [6.45, 7) is 3.79. The van der Waals surface area contributed by atoms with Crippen LogP contribution in [-0.2, 0) is 4.74 Å². The molecule has 0 atom stereocenters. The lowest BCUT2D eigenvalue weighted by molar-refractivity contribution is 0.0606. The summed E-state index contributed by atoms with van der Waals surface area (Å²) in [7, 11) is 2.83. The zero-order valence-corrected chi connectivity index (χ0v) is 19.1. The van der Waals surface area contributed by atoms with Crippen molar-refractivity contribution in [3.05, 3.63) is 57.6 Å². The Labute approximate surface area is 193 Å². The van der Waals surface area contributed by atoms with E-state index in [9.17, 15) is 15.3 Å². The summed E-state index contributed by atoms with van der Waals surface area (Å²) < 4.78 is 11.8. The molecule has 4 aromatic rings. The van der Waals surface area contributed by atoms with Gasteiger partial charge in [0.15, 0.2) is 0 Å². The Morgan fingerprint density at radius 3 is 2.70 bits per heavy atom. The molecule has 0 aliphatic rings. The fourth-order valence-electron chi connectivity index (χ4n) is 3.51. The molecule has 0 spiro atoms. The second-order valence-electron chi connectivity index (χ2n) is 7.09. The predicted octanol–water partition coefficient (Wildman–Crippen LogP) is 4.16. The summed E-state index contributed by atoms with van der Waals surface area (Å²) in [5.74, 6) is 0.351. The number of nitriles is 2. The molecular weight excluding hydrogens is 440 g/mol. The number of rotatable bonds is 5. The number of hydrogen-bond donors (Lipinski definition) is 1. The van der Waals surface area contributed by atoms with Gasteiger partial charge in [-0.1, -0.05) is 0 Å². The van der Waals surface area contributed by atoms with Crippen LogP contribution in [-0.4, -0.2) is 39.7 Å². The van der Waals surface area contributed by atoms with E-state index >= 15 is 0 Å². The number of H-pyrrole nitrogens is 1. The number of aryl methyl sites for hydroxylation is 1. The van der Waals surface area contributed by atoms with Gasteiger partial charge < -0.3 is 19.0 Å². The van der Waals surface area contributed by atoms with E-state index in [0.29, 0.717) is 43.8 Å². The number of hydrogen-bond acceptors (Lipinski definition) is 8. The van der Waals surface area contributed by atoms with Gasteiger partial charge in [-0.05, 0) is 37.6 Å². The van der Waals surface area contributed by atoms with E-state index in [-0.39, 0.29) is 0 Å². The minimum absolute atomic E-state index is 0.340. The average molecular weight is 459 g/mol. The maximum Gasteiger partial charge on any atom is 0.348 e. The smallest absolute Gasteiger partial charge is 0.348 e. The van der Waals surface area contributed by atoms with Crippen LogP contribution in [0.2, 0.25) is 0 Å². The van der Waals surface area contributed by atoms with Gasteiger partial charge in [0.1, 0.15) is 27.8 Å². The summed E-state index contributed by atoms with van der Waals surface area (Å²) in [6, 6.07) is 9.47. The van der Waals surface area contributed by atoms with Crippen molar-refractivity contribution in [1.29, 1.82) is 10.5 Å². The van der Waals surface area contributed by atoms with Crippen LogP contribution in [0.15, 0.2) is 24.4 Å². The summed E-state index contributed by atoms with van der Waals surface area (Å²) in [5, 5.41) is 20.0. The number of ether oxygens (including phenoxy) is 2. The summed E-state index contributed by atoms with van der Waals surface area (Å²) in [4.78, 5) is 24.1. The maximum absolute atomic E-state index is 12.0. The monoisotopic (exact) mass is 458 g/mol. The van der Waals surface area contributed by atoms with Gasteiger partial charge in [-0.25, -0.2) is 14.8 Å². The summed E-state index contributed by atoms with van der Waals surface area (Å²) in [5.41, 5.74) is 4.49. The molecule has 164 valence electrons. The lowest BCUT2D eigenvalue weighted by atomic mass is 10.1. The van der Waals surface area contributed by atoms with Crippen molar-refractivity contribution in [3.63, 3.8) is 0 Å². The number of allylic oxidation sites excluding steroid dienone is 1. The van der Waals surface area contributed by atoms with E-state index in [4.69, 9.17) is 9.47 Å². The van der Waals surface area contributed by atoms with Gasteiger partial charge in [-0.2, -0.15) is 10.5 Å². The minimum atomic E-state index is -0.492. The van der Waals surface area contributed by atoms with Crippen molar-refractivity contribution in [3.8, 4) is 23.0 Å². The third-order valence-corrected chi connectivity index (χ3v) is 6.22. The lowest BCUT2D eigenvalue weighted by Gasteiger charge is -2.07. The van der Waals surface area contributed by atoms with E-state index in [1.165, 1.54) is 31.6 Å². The Morgan fingerprint density at radius 2 is 2.03 bits per heavy atom. The number of nitrogens with one attached hydrogen (secondary N) is 1. The Kier molecular flexibility index (Phi) is 5.69. The Balaban J connectivity index is 1.80. The van der Waals surface area contributed by atoms with Gasteiger partial charge in [0.2, 0.25) is 5.88 Å². The molecule has 0 saturated carbocycles. The van der Waals surface area contributed by atoms with Gasteiger partial charge in [0.05, 0.1) is 42.6 Å². The number of fused-ring (bicyclic) bond motifs is 1. The molecule has 1 N–H and O–H groups in total. The highest BCUT2D eigenvalue weighted by molar-refractivity contribution is 7.16. The van der Waals surface area contributed by atoms with Crippen molar-refractivity contribution in [2.75, 3.05) is 14.2 Å². The van der Waals surface area contributed by atoms with Crippen LogP contribution in [0.5, 0.6) is 5.88 Å². The number of nitrogens with zero attached hydrogens (tertiary/aromatic N) is 5. The van der Waals surface area contributed by atoms with E-state index in [2.05, 4.69) is 27.1 Å². The van der Waals surface area contributed by atoms with E-state index in [1.807, 2.05) is 24.5 Å². The number of methoxy groups -OCH3 is 2. The van der Waals surface area contributed by atoms with Gasteiger partial charge in [0, 0.05) is 17.5 Å². The van der Waals surface area contributed by atoms with Crippen LogP contribution in [0.4, 0.5) is 0 Å². The first kappa shape index (κ1) is 21.8. The fraction of sp³-hybridized carbons (Fsp3) is 0.174. The molecular formula is C23H18N6O3S. The molecule has 10 heteroatoms. The fourth-order valence-corrected chi connectivity index (χ4v) is 4.65. The number of aromatic nitrogens is 4. The van der Waals surface area contributed by atoms with Crippen molar-refractivity contribution < 1.29 is 14.3 Å². The molecule has 0 aliphatic heterocycles. The molecule has 33 heavy (non-hydrogen) atoms. The Bertz CT molecular complexity index is 1510. The Hall–Kier alpha value is -4.41. The van der Waals surface area contributed by atoms with Gasteiger partial charge >= 0.3 is 5.97 Å². The minimum Gasteiger partial charge on any atom is -0.481 e. The normalized spacial score (nSPS) is 11.3. The molecule has 0 fully saturated rings. The molecule has 4 heterocycles. The van der Waals surface area contributed by atoms with Crippen molar-refractivity contribution in [2.24, 2.45) is 0 Å². The van der Waals surface area contributed by atoms with E-state index < -0.39 is 5.97 Å². The average Bonchev–Trinajstić information content (AvgIpc) is 3.51. The highest BCUT2D eigenvalue weighted by Gasteiger charge is 2.20. The molecule has 4 aromatic heterocycles. The number of esters is 1. The molecule has 0 aliphatic carbocycles. The first-order chi connectivity index (χ1) is 15.9. The first-order valence-corrected chi connectivity index (χ1v) is 10.5. The summed E-state index contributed by atoms with van der Waals surface area (Å²) >= 11 is 1.18. The predicted molar refractivity (Wildman–Crippen MR) is 123 cm³/mol. The quantitative estimate of drug-likeness (QED) is 0.351. The zero-order valence-electron chi connectivity index (χ0n) is 18.3. The van der Waals surface area contributed by atoms with Crippen LogP contribution in [0.1, 0.15) is 38.0 Å².